The van der Waals surface area contributed by atoms with Crippen molar-refractivity contribution in [1.82, 2.24) is 0 Å². The molecule has 3 fully saturated rings. The normalized spacial score (nSPS) is 28.8. The van der Waals surface area contributed by atoms with Gasteiger partial charge < -0.3 is 10.2 Å². The zero-order chi connectivity index (χ0) is 38.9. The smallest absolute Gasteiger partial charge is 0.133 e. The summed E-state index contributed by atoms with van der Waals surface area (Å²) in [6.07, 6.45) is 51.5. The molecule has 4 rings (SSSR count). The molecule has 7 atom stereocenters. The Kier molecular flexibility index (Phi) is 24.6. The van der Waals surface area contributed by atoms with Crippen LogP contribution in [0.2, 0.25) is 0 Å². The van der Waals surface area contributed by atoms with Gasteiger partial charge in [0.1, 0.15) is 5.78 Å². The van der Waals surface area contributed by atoms with Gasteiger partial charge in [-0.2, -0.15) is 0 Å². The average Bonchev–Trinajstić information content (AvgIpc) is 3.53. The molecule has 0 aromatic carbocycles. The molecule has 4 aliphatic rings. The highest BCUT2D eigenvalue weighted by molar-refractivity contribution is 5.79. The Morgan fingerprint density at radius 1 is 0.593 bits per heavy atom. The van der Waals surface area contributed by atoms with Gasteiger partial charge in [-0.3, -0.25) is 4.79 Å². The maximum atomic E-state index is 12.2. The third-order valence-corrected chi connectivity index (χ3v) is 15.6. The second kappa shape index (κ2) is 27.9. The van der Waals surface area contributed by atoms with E-state index in [0.29, 0.717) is 23.7 Å². The van der Waals surface area contributed by atoms with E-state index in [4.69, 9.17) is 5.11 Å². The third-order valence-electron chi connectivity index (χ3n) is 15.6. The summed E-state index contributed by atoms with van der Waals surface area (Å²) < 4.78 is 0. The number of aliphatic hydroxyl groups is 2. The molecule has 0 aliphatic heterocycles. The molecule has 0 heterocycles. The van der Waals surface area contributed by atoms with Crippen LogP contribution in [-0.2, 0) is 4.79 Å². The van der Waals surface area contributed by atoms with Crippen LogP contribution in [0.4, 0.5) is 0 Å². The maximum absolute atomic E-state index is 12.2. The molecule has 4 aliphatic carbocycles. The first-order valence-corrected chi connectivity index (χ1v) is 24.8. The lowest BCUT2D eigenvalue weighted by Gasteiger charge is -2.57. The molecular weight excluding hydrogens is 661 g/mol. The van der Waals surface area contributed by atoms with E-state index in [1.165, 1.54) is 199 Å². The monoisotopic (exact) mass is 755 g/mol. The number of carbonyl (C=O) groups excluding carboxylic acids is 1. The molecule has 0 amide bonds. The molecule has 2 N–H and O–H groups in total. The molecule has 54 heavy (non-hydrogen) atoms. The molecular formula is C51H94O3. The molecule has 0 bridgehead atoms. The van der Waals surface area contributed by atoms with E-state index < -0.39 is 0 Å². The van der Waals surface area contributed by atoms with Crippen molar-refractivity contribution < 1.29 is 15.0 Å². The second-order valence-corrected chi connectivity index (χ2v) is 19.7. The van der Waals surface area contributed by atoms with Crippen LogP contribution >= 0.6 is 0 Å². The number of rotatable bonds is 29. The van der Waals surface area contributed by atoms with Crippen molar-refractivity contribution >= 4 is 5.78 Å². The SMILES string of the molecule is CC(=O)[C@H]1CC[C@H]2[C@@H]3CC=C4C[C@@H](O)CC[C@]4(C)[C@H]3CC[C@]12C.CCCCCCCCCCCCCCCCCCCCCCCCCCCCCCO. The van der Waals surface area contributed by atoms with E-state index in [1.807, 2.05) is 6.92 Å². The van der Waals surface area contributed by atoms with Gasteiger partial charge in [0.15, 0.2) is 0 Å². The highest BCUT2D eigenvalue weighted by atomic mass is 16.3. The third kappa shape index (κ3) is 16.3. The molecule has 0 aromatic rings. The van der Waals surface area contributed by atoms with Crippen LogP contribution in [-0.4, -0.2) is 28.7 Å². The number of carbonyl (C=O) groups is 1. The molecule has 3 nitrogen and oxygen atoms in total. The van der Waals surface area contributed by atoms with E-state index in [2.05, 4.69) is 26.8 Å². The fraction of sp³-hybridized carbons (Fsp3) is 0.941. The number of unbranched alkanes of at least 4 members (excludes halogenated alkanes) is 27. The molecule has 3 heteroatoms. The van der Waals surface area contributed by atoms with Crippen LogP contribution in [0.5, 0.6) is 0 Å². The fourth-order valence-electron chi connectivity index (χ4n) is 12.1. The number of ketones is 1. The van der Waals surface area contributed by atoms with Crippen LogP contribution < -0.4 is 0 Å². The van der Waals surface area contributed by atoms with Gasteiger partial charge >= 0.3 is 0 Å². The van der Waals surface area contributed by atoms with Gasteiger partial charge in [-0.05, 0) is 93.3 Å². The maximum Gasteiger partial charge on any atom is 0.133 e. The number of hydrogen-bond acceptors (Lipinski definition) is 3. The summed E-state index contributed by atoms with van der Waals surface area (Å²) in [7, 11) is 0. The summed E-state index contributed by atoms with van der Waals surface area (Å²) in [5.74, 6) is 3.00. The minimum absolute atomic E-state index is 0.117. The highest BCUT2D eigenvalue weighted by Gasteiger charge is 2.59. The standard InChI is InChI=1S/C30H62O.C21H32O2/c1-2-3-4-5-6-7-8-9-10-11-12-13-14-15-16-17-18-19-20-21-22-23-24-25-26-27-28-29-30-31;1-13(22)17-6-7-18-16-5-4-14-12-15(23)8-10-20(14,2)19(16)9-11-21(17,18)3/h31H,2-30H2,1H3;4,15-19,23H,5-12H2,1-3H3/t;15-,16-,17+,18-,19-,20-,21+/m.0/s1. The van der Waals surface area contributed by atoms with Crippen LogP contribution in [0.25, 0.3) is 0 Å². The molecule has 0 spiro atoms. The summed E-state index contributed by atoms with van der Waals surface area (Å²) in [6, 6.07) is 0. The first-order chi connectivity index (χ1) is 26.3. The van der Waals surface area contributed by atoms with E-state index in [9.17, 15) is 9.90 Å². The van der Waals surface area contributed by atoms with Gasteiger partial charge in [0.2, 0.25) is 0 Å². The summed E-state index contributed by atoms with van der Waals surface area (Å²) >= 11 is 0. The predicted octanol–water partition coefficient (Wildman–Crippen LogP) is 15.4. The minimum Gasteiger partial charge on any atom is -0.396 e. The lowest BCUT2D eigenvalue weighted by atomic mass is 9.47. The van der Waals surface area contributed by atoms with Crippen molar-refractivity contribution in [2.75, 3.05) is 6.61 Å². The van der Waals surface area contributed by atoms with E-state index in [0.717, 1.165) is 49.9 Å². The van der Waals surface area contributed by atoms with E-state index in [1.54, 1.807) is 5.57 Å². The zero-order valence-electron chi connectivity index (χ0n) is 36.9. The Morgan fingerprint density at radius 2 is 1.02 bits per heavy atom. The molecule has 0 aromatic heterocycles. The molecule has 316 valence electrons. The predicted molar refractivity (Wildman–Crippen MR) is 234 cm³/mol. The zero-order valence-corrected chi connectivity index (χ0v) is 36.9. The quantitative estimate of drug-likeness (QED) is 0.0590. The van der Waals surface area contributed by atoms with Crippen molar-refractivity contribution in [3.63, 3.8) is 0 Å². The summed E-state index contributed by atoms with van der Waals surface area (Å²) in [5, 5.41) is 18.8. The van der Waals surface area contributed by atoms with Gasteiger partial charge in [0.25, 0.3) is 0 Å². The Balaban J connectivity index is 0.000000300. The highest BCUT2D eigenvalue weighted by Crippen LogP contribution is 2.66. The number of aliphatic hydroxyl groups excluding tert-OH is 2. The summed E-state index contributed by atoms with van der Waals surface area (Å²) in [5.41, 5.74) is 2.11. The lowest BCUT2D eigenvalue weighted by molar-refractivity contribution is -0.127. The van der Waals surface area contributed by atoms with Gasteiger partial charge in [0.05, 0.1) is 6.10 Å². The Morgan fingerprint density at radius 3 is 1.43 bits per heavy atom. The first kappa shape index (κ1) is 47.7. The lowest BCUT2D eigenvalue weighted by Crippen LogP contribution is -2.50. The number of Topliss-reactive ketones (excluding diaryl/α,β-unsaturated/α-hetero) is 1. The van der Waals surface area contributed by atoms with E-state index in [-0.39, 0.29) is 11.5 Å². The molecule has 3 saturated carbocycles. The van der Waals surface area contributed by atoms with Crippen molar-refractivity contribution in [2.45, 2.75) is 265 Å². The van der Waals surface area contributed by atoms with Crippen molar-refractivity contribution in [3.8, 4) is 0 Å². The van der Waals surface area contributed by atoms with Gasteiger partial charge in [0, 0.05) is 12.5 Å². The summed E-state index contributed by atoms with van der Waals surface area (Å²) in [6.45, 7) is 9.38. The first-order valence-electron chi connectivity index (χ1n) is 24.8. The van der Waals surface area contributed by atoms with Crippen molar-refractivity contribution in [3.05, 3.63) is 11.6 Å². The Bertz CT molecular complexity index is 959. The fourth-order valence-corrected chi connectivity index (χ4v) is 12.1. The van der Waals surface area contributed by atoms with Crippen LogP contribution in [0.1, 0.15) is 259 Å². The Labute approximate surface area is 337 Å². The number of allylic oxidation sites excluding steroid dienone is 1. The molecule has 0 saturated heterocycles. The van der Waals surface area contributed by atoms with Crippen LogP contribution in [0.3, 0.4) is 0 Å². The second-order valence-electron chi connectivity index (χ2n) is 19.7. The van der Waals surface area contributed by atoms with Gasteiger partial charge in [-0.25, -0.2) is 0 Å². The van der Waals surface area contributed by atoms with Gasteiger partial charge in [-0.15, -0.1) is 0 Å². The van der Waals surface area contributed by atoms with Crippen molar-refractivity contribution in [1.29, 1.82) is 0 Å². The van der Waals surface area contributed by atoms with Crippen LogP contribution in [0.15, 0.2) is 11.6 Å². The van der Waals surface area contributed by atoms with E-state index >= 15 is 0 Å². The van der Waals surface area contributed by atoms with Crippen molar-refractivity contribution in [2.24, 2.45) is 34.5 Å². The Hall–Kier alpha value is -0.670. The minimum atomic E-state index is -0.117. The van der Waals surface area contributed by atoms with Crippen LogP contribution in [0, 0.1) is 34.5 Å². The molecule has 0 unspecified atom stereocenters. The number of hydrogen-bond donors (Lipinski definition) is 2. The summed E-state index contributed by atoms with van der Waals surface area (Å²) in [4.78, 5) is 12.2. The number of fused-ring (bicyclic) bond motifs is 5. The topological polar surface area (TPSA) is 57.5 Å². The van der Waals surface area contributed by atoms with Gasteiger partial charge in [-0.1, -0.05) is 206 Å². The molecule has 0 radical (unpaired) electrons. The largest absolute Gasteiger partial charge is 0.396 e. The average molecular weight is 755 g/mol.